The molecule has 1 aliphatic heterocycles. The Bertz CT molecular complexity index is 405. The lowest BCUT2D eigenvalue weighted by Crippen LogP contribution is -2.55. The zero-order valence-electron chi connectivity index (χ0n) is 13.5. The van der Waals surface area contributed by atoms with Gasteiger partial charge < -0.3 is 19.5 Å². The maximum Gasteiger partial charge on any atom is 0.334 e. The van der Waals surface area contributed by atoms with Crippen LogP contribution < -0.4 is 0 Å². The van der Waals surface area contributed by atoms with Crippen molar-refractivity contribution in [3.05, 3.63) is 0 Å². The zero-order chi connectivity index (χ0) is 16.2. The van der Waals surface area contributed by atoms with Gasteiger partial charge in [-0.05, 0) is 33.1 Å². The van der Waals surface area contributed by atoms with E-state index >= 15 is 0 Å². The van der Waals surface area contributed by atoms with Crippen molar-refractivity contribution < 1.29 is 24.2 Å². The van der Waals surface area contributed by atoms with Crippen molar-refractivity contribution in [3.63, 3.8) is 0 Å². The second kappa shape index (κ2) is 7.42. The monoisotopic (exact) mass is 313 g/mol. The van der Waals surface area contributed by atoms with Gasteiger partial charge in [0.25, 0.3) is 0 Å². The van der Waals surface area contributed by atoms with Crippen molar-refractivity contribution in [2.75, 3.05) is 26.3 Å². The first-order chi connectivity index (χ1) is 10.5. The number of hydrogen-bond donors (Lipinski definition) is 1. The summed E-state index contributed by atoms with van der Waals surface area (Å²) < 4.78 is 10.9. The van der Waals surface area contributed by atoms with Crippen LogP contribution in [-0.2, 0) is 19.1 Å². The minimum Gasteiger partial charge on any atom is -0.479 e. The van der Waals surface area contributed by atoms with E-state index in [0.29, 0.717) is 19.8 Å². The van der Waals surface area contributed by atoms with Gasteiger partial charge in [0.05, 0.1) is 18.1 Å². The molecular formula is C16H27NO5. The highest BCUT2D eigenvalue weighted by molar-refractivity contribution is 5.84. The zero-order valence-corrected chi connectivity index (χ0v) is 13.5. The third-order valence-electron chi connectivity index (χ3n) is 4.77. The van der Waals surface area contributed by atoms with E-state index in [1.807, 2.05) is 13.8 Å². The van der Waals surface area contributed by atoms with Gasteiger partial charge in [0.2, 0.25) is 5.91 Å². The Morgan fingerprint density at radius 3 is 2.59 bits per heavy atom. The third-order valence-corrected chi connectivity index (χ3v) is 4.77. The number of rotatable bonds is 6. The predicted molar refractivity (Wildman–Crippen MR) is 80.6 cm³/mol. The molecule has 1 unspecified atom stereocenters. The normalized spacial score (nSPS) is 27.8. The second-order valence-corrected chi connectivity index (χ2v) is 6.42. The SMILES string of the molecule is CCOCCC1(C(=O)N2CC(C(=O)O)O[C@H](C)C2)CCCC1. The number of amides is 1. The summed E-state index contributed by atoms with van der Waals surface area (Å²) in [4.78, 5) is 25.9. The van der Waals surface area contributed by atoms with E-state index in [9.17, 15) is 14.7 Å². The molecule has 2 atom stereocenters. The Morgan fingerprint density at radius 1 is 1.32 bits per heavy atom. The number of aliphatic carboxylic acids is 1. The lowest BCUT2D eigenvalue weighted by molar-refractivity contribution is -0.170. The van der Waals surface area contributed by atoms with Gasteiger partial charge in [-0.25, -0.2) is 4.79 Å². The van der Waals surface area contributed by atoms with Crippen molar-refractivity contribution in [1.82, 2.24) is 4.90 Å². The molecule has 1 heterocycles. The molecule has 0 radical (unpaired) electrons. The first kappa shape index (κ1) is 17.2. The molecular weight excluding hydrogens is 286 g/mol. The van der Waals surface area contributed by atoms with E-state index in [1.165, 1.54) is 0 Å². The molecule has 0 spiro atoms. The Balaban J connectivity index is 2.07. The topological polar surface area (TPSA) is 76.1 Å². The quantitative estimate of drug-likeness (QED) is 0.755. The van der Waals surface area contributed by atoms with Gasteiger partial charge in [-0.1, -0.05) is 12.8 Å². The third kappa shape index (κ3) is 3.79. The fourth-order valence-electron chi connectivity index (χ4n) is 3.62. The minimum absolute atomic E-state index is 0.0890. The average Bonchev–Trinajstić information content (AvgIpc) is 2.96. The Labute approximate surface area is 131 Å². The molecule has 0 aromatic carbocycles. The molecule has 2 fully saturated rings. The summed E-state index contributed by atoms with van der Waals surface area (Å²) in [6.07, 6.45) is 3.43. The van der Waals surface area contributed by atoms with Crippen molar-refractivity contribution in [2.45, 2.75) is 58.2 Å². The fourth-order valence-corrected chi connectivity index (χ4v) is 3.62. The molecule has 22 heavy (non-hydrogen) atoms. The van der Waals surface area contributed by atoms with Gasteiger partial charge in [0, 0.05) is 19.8 Å². The number of carbonyl (C=O) groups is 2. The van der Waals surface area contributed by atoms with Crippen molar-refractivity contribution in [2.24, 2.45) is 5.41 Å². The molecule has 0 aromatic rings. The van der Waals surface area contributed by atoms with Crippen molar-refractivity contribution >= 4 is 11.9 Å². The average molecular weight is 313 g/mol. The van der Waals surface area contributed by atoms with Gasteiger partial charge in [-0.15, -0.1) is 0 Å². The van der Waals surface area contributed by atoms with Crippen LogP contribution in [0.3, 0.4) is 0 Å². The van der Waals surface area contributed by atoms with Crippen LogP contribution in [0.4, 0.5) is 0 Å². The van der Waals surface area contributed by atoms with Crippen LogP contribution in [0, 0.1) is 5.41 Å². The molecule has 0 bridgehead atoms. The van der Waals surface area contributed by atoms with E-state index in [4.69, 9.17) is 9.47 Å². The summed E-state index contributed by atoms with van der Waals surface area (Å²) >= 11 is 0. The summed E-state index contributed by atoms with van der Waals surface area (Å²) in [7, 11) is 0. The highest BCUT2D eigenvalue weighted by Gasteiger charge is 2.45. The van der Waals surface area contributed by atoms with Crippen molar-refractivity contribution in [3.8, 4) is 0 Å². The standard InChI is InChI=1S/C16H27NO5/c1-3-21-9-8-16(6-4-5-7-16)15(20)17-10-12(2)22-13(11-17)14(18)19/h12-13H,3-11H2,1-2H3,(H,18,19)/t12-,13?/m1/s1. The molecule has 1 N–H and O–H groups in total. The van der Waals surface area contributed by atoms with Crippen LogP contribution in [0.1, 0.15) is 46.0 Å². The molecule has 6 nitrogen and oxygen atoms in total. The van der Waals surface area contributed by atoms with Crippen molar-refractivity contribution in [1.29, 1.82) is 0 Å². The Morgan fingerprint density at radius 2 is 2.00 bits per heavy atom. The molecule has 2 aliphatic rings. The molecule has 0 aromatic heterocycles. The van der Waals surface area contributed by atoms with E-state index < -0.39 is 12.1 Å². The summed E-state index contributed by atoms with van der Waals surface area (Å²) in [6.45, 7) is 5.62. The second-order valence-electron chi connectivity index (χ2n) is 6.42. The maximum absolute atomic E-state index is 13.1. The molecule has 1 aliphatic carbocycles. The van der Waals surface area contributed by atoms with Gasteiger partial charge >= 0.3 is 5.97 Å². The maximum atomic E-state index is 13.1. The van der Waals surface area contributed by atoms with Gasteiger partial charge in [-0.3, -0.25) is 4.79 Å². The van der Waals surface area contributed by atoms with Crippen LogP contribution in [0.25, 0.3) is 0 Å². The number of hydrogen-bond acceptors (Lipinski definition) is 4. The molecule has 1 saturated heterocycles. The molecule has 6 heteroatoms. The minimum atomic E-state index is -1.00. The van der Waals surface area contributed by atoms with Crippen LogP contribution in [0.15, 0.2) is 0 Å². The number of ether oxygens (including phenoxy) is 2. The molecule has 2 rings (SSSR count). The lowest BCUT2D eigenvalue weighted by atomic mass is 9.81. The summed E-state index contributed by atoms with van der Waals surface area (Å²) in [6, 6.07) is 0. The smallest absolute Gasteiger partial charge is 0.334 e. The largest absolute Gasteiger partial charge is 0.479 e. The first-order valence-electron chi connectivity index (χ1n) is 8.24. The van der Waals surface area contributed by atoms with E-state index in [2.05, 4.69) is 0 Å². The van der Waals surface area contributed by atoms with Crippen LogP contribution in [0.5, 0.6) is 0 Å². The van der Waals surface area contributed by atoms with Gasteiger partial charge in [0.1, 0.15) is 0 Å². The van der Waals surface area contributed by atoms with E-state index in [1.54, 1.807) is 4.90 Å². The molecule has 126 valence electrons. The summed E-state index contributed by atoms with van der Waals surface area (Å²) in [5, 5.41) is 9.18. The summed E-state index contributed by atoms with van der Waals surface area (Å²) in [5.74, 6) is -0.912. The number of nitrogens with zero attached hydrogens (tertiary/aromatic N) is 1. The Hall–Kier alpha value is -1.14. The van der Waals surface area contributed by atoms with Crippen LogP contribution in [-0.4, -0.2) is 60.4 Å². The highest BCUT2D eigenvalue weighted by atomic mass is 16.5. The number of morpholine rings is 1. The highest BCUT2D eigenvalue weighted by Crippen LogP contribution is 2.43. The number of carbonyl (C=O) groups excluding carboxylic acids is 1. The van der Waals surface area contributed by atoms with Gasteiger partial charge in [0.15, 0.2) is 6.10 Å². The van der Waals surface area contributed by atoms with Crippen LogP contribution in [0.2, 0.25) is 0 Å². The Kier molecular flexibility index (Phi) is 5.81. The first-order valence-corrected chi connectivity index (χ1v) is 8.24. The summed E-state index contributed by atoms with van der Waals surface area (Å²) in [5.41, 5.74) is -0.366. The number of carboxylic acid groups (broad SMARTS) is 1. The molecule has 1 amide bonds. The van der Waals surface area contributed by atoms with E-state index in [0.717, 1.165) is 32.1 Å². The van der Waals surface area contributed by atoms with Gasteiger partial charge in [-0.2, -0.15) is 0 Å². The number of carboxylic acids is 1. The van der Waals surface area contributed by atoms with E-state index in [-0.39, 0.29) is 24.0 Å². The fraction of sp³-hybridized carbons (Fsp3) is 0.875. The predicted octanol–water partition coefficient (Wildman–Crippen LogP) is 1.67. The lowest BCUT2D eigenvalue weighted by Gasteiger charge is -2.40. The van der Waals surface area contributed by atoms with Crippen LogP contribution >= 0.6 is 0 Å². The molecule has 1 saturated carbocycles.